The summed E-state index contributed by atoms with van der Waals surface area (Å²) >= 11 is 0. The van der Waals surface area contributed by atoms with Gasteiger partial charge < -0.3 is 10.6 Å². The molecular weight excluding hydrogens is 353 g/mol. The fourth-order valence-corrected chi connectivity index (χ4v) is 1.40. The van der Waals surface area contributed by atoms with Crippen LogP contribution in [-0.4, -0.2) is 34.9 Å². The predicted octanol–water partition coefficient (Wildman–Crippen LogP) is 2.10. The van der Waals surface area contributed by atoms with E-state index in [1.807, 2.05) is 16.9 Å². The molecule has 0 radical (unpaired) electrons. The van der Waals surface area contributed by atoms with Crippen molar-refractivity contribution in [2.24, 2.45) is 10.9 Å². The summed E-state index contributed by atoms with van der Waals surface area (Å²) < 4.78 is 1.89. The minimum atomic E-state index is 0. The maximum absolute atomic E-state index is 4.54. The van der Waals surface area contributed by atoms with Crippen LogP contribution in [0, 0.1) is 5.92 Å². The van der Waals surface area contributed by atoms with Crippen LogP contribution >= 0.6 is 24.0 Å². The Balaban J connectivity index is 0.00000324. The lowest BCUT2D eigenvalue weighted by molar-refractivity contribution is 0.480. The highest BCUT2D eigenvalue weighted by Gasteiger charge is 2.08. The molecule has 110 valence electrons. The van der Waals surface area contributed by atoms with Gasteiger partial charge in [-0.25, -0.2) is 0 Å². The minimum Gasteiger partial charge on any atom is -0.357 e. The lowest BCUT2D eigenvalue weighted by Gasteiger charge is -2.20. The molecular formula is C13H26IN5. The van der Waals surface area contributed by atoms with Crippen LogP contribution in [0.4, 0.5) is 0 Å². The van der Waals surface area contributed by atoms with Crippen LogP contribution in [0.3, 0.4) is 0 Å². The summed E-state index contributed by atoms with van der Waals surface area (Å²) in [5.74, 6) is 1.46. The van der Waals surface area contributed by atoms with Crippen molar-refractivity contribution in [2.75, 3.05) is 13.1 Å². The summed E-state index contributed by atoms with van der Waals surface area (Å²) in [5.41, 5.74) is 0. The number of nitrogens with one attached hydrogen (secondary N) is 2. The molecule has 0 amide bonds. The average Bonchev–Trinajstić information content (AvgIpc) is 2.82. The number of hydrogen-bond donors (Lipinski definition) is 2. The van der Waals surface area contributed by atoms with Crippen LogP contribution < -0.4 is 10.6 Å². The Hall–Kier alpha value is -0.790. The molecule has 0 fully saturated rings. The molecule has 0 aliphatic heterocycles. The molecule has 1 aromatic rings. The van der Waals surface area contributed by atoms with Crippen molar-refractivity contribution < 1.29 is 0 Å². The predicted molar refractivity (Wildman–Crippen MR) is 91.1 cm³/mol. The summed E-state index contributed by atoms with van der Waals surface area (Å²) in [7, 11) is 0. The van der Waals surface area contributed by atoms with Crippen LogP contribution in [0.5, 0.6) is 0 Å². The number of aromatic nitrogens is 2. The van der Waals surface area contributed by atoms with Crippen LogP contribution in [0.1, 0.15) is 27.7 Å². The van der Waals surface area contributed by atoms with Gasteiger partial charge in [-0.15, -0.1) is 24.0 Å². The molecule has 0 saturated heterocycles. The lowest BCUT2D eigenvalue weighted by Crippen LogP contribution is -2.44. The Kier molecular flexibility index (Phi) is 9.63. The molecule has 1 atom stereocenters. The Morgan fingerprint density at radius 3 is 2.63 bits per heavy atom. The average molecular weight is 379 g/mol. The first-order valence-corrected chi connectivity index (χ1v) is 6.65. The first-order chi connectivity index (χ1) is 8.63. The van der Waals surface area contributed by atoms with Gasteiger partial charge in [-0.05, 0) is 25.8 Å². The molecule has 1 rings (SSSR count). The lowest BCUT2D eigenvalue weighted by atomic mass is 10.1. The molecule has 0 aliphatic rings. The number of aliphatic imine (C=N–C) groups is 1. The SMILES string of the molecule is CCNC(=NCCn1cccn1)NC(C)C(C)C.I. The number of nitrogens with zero attached hydrogens (tertiary/aromatic N) is 3. The van der Waals surface area contributed by atoms with E-state index in [1.54, 1.807) is 6.20 Å². The second-order valence-corrected chi connectivity index (χ2v) is 4.71. The van der Waals surface area contributed by atoms with Gasteiger partial charge in [-0.3, -0.25) is 9.67 Å². The highest BCUT2D eigenvalue weighted by Crippen LogP contribution is 1.99. The zero-order valence-electron chi connectivity index (χ0n) is 12.3. The van der Waals surface area contributed by atoms with E-state index in [1.165, 1.54) is 0 Å². The molecule has 5 nitrogen and oxygen atoms in total. The van der Waals surface area contributed by atoms with Gasteiger partial charge in [0.25, 0.3) is 0 Å². The molecule has 19 heavy (non-hydrogen) atoms. The molecule has 0 aliphatic carbocycles. The smallest absolute Gasteiger partial charge is 0.191 e. The summed E-state index contributed by atoms with van der Waals surface area (Å²) in [5, 5.41) is 10.8. The summed E-state index contributed by atoms with van der Waals surface area (Å²) in [6.45, 7) is 11.0. The van der Waals surface area contributed by atoms with Crippen LogP contribution in [0.2, 0.25) is 0 Å². The standard InChI is InChI=1S/C13H25N5.HI/c1-5-14-13(17-12(4)11(2)3)15-8-10-18-9-6-7-16-18;/h6-7,9,11-12H,5,8,10H2,1-4H3,(H2,14,15,17);1H. The molecule has 2 N–H and O–H groups in total. The Labute approximate surface area is 133 Å². The molecule has 6 heteroatoms. The highest BCUT2D eigenvalue weighted by molar-refractivity contribution is 14.0. The third kappa shape index (κ3) is 7.39. The van der Waals surface area contributed by atoms with E-state index in [4.69, 9.17) is 0 Å². The second-order valence-electron chi connectivity index (χ2n) is 4.71. The van der Waals surface area contributed by atoms with E-state index in [9.17, 15) is 0 Å². The van der Waals surface area contributed by atoms with Crippen molar-refractivity contribution in [3.63, 3.8) is 0 Å². The minimum absolute atomic E-state index is 0. The summed E-state index contributed by atoms with van der Waals surface area (Å²) in [6, 6.07) is 2.33. The van der Waals surface area contributed by atoms with Crippen molar-refractivity contribution in [2.45, 2.75) is 40.3 Å². The number of halogens is 1. The van der Waals surface area contributed by atoms with Crippen molar-refractivity contribution in [1.29, 1.82) is 0 Å². The number of guanidine groups is 1. The topological polar surface area (TPSA) is 54.2 Å². The van der Waals surface area contributed by atoms with E-state index < -0.39 is 0 Å². The zero-order chi connectivity index (χ0) is 13.4. The monoisotopic (exact) mass is 379 g/mol. The molecule has 0 saturated carbocycles. The maximum Gasteiger partial charge on any atom is 0.191 e. The number of rotatable bonds is 6. The quantitative estimate of drug-likeness (QED) is 0.452. The highest BCUT2D eigenvalue weighted by atomic mass is 127. The normalized spacial score (nSPS) is 13.0. The molecule has 0 aromatic carbocycles. The summed E-state index contributed by atoms with van der Waals surface area (Å²) in [4.78, 5) is 4.54. The van der Waals surface area contributed by atoms with Gasteiger partial charge in [-0.2, -0.15) is 5.10 Å². The third-order valence-electron chi connectivity index (χ3n) is 2.87. The van der Waals surface area contributed by atoms with E-state index in [0.717, 1.165) is 25.6 Å². The molecule has 1 aromatic heterocycles. The summed E-state index contributed by atoms with van der Waals surface area (Å²) in [6.07, 6.45) is 3.74. The van der Waals surface area contributed by atoms with E-state index >= 15 is 0 Å². The molecule has 0 spiro atoms. The van der Waals surface area contributed by atoms with Crippen molar-refractivity contribution in [1.82, 2.24) is 20.4 Å². The van der Waals surface area contributed by atoms with Gasteiger partial charge in [0.1, 0.15) is 0 Å². The molecule has 1 heterocycles. The van der Waals surface area contributed by atoms with E-state index in [2.05, 4.69) is 48.4 Å². The first-order valence-electron chi connectivity index (χ1n) is 6.65. The first kappa shape index (κ1) is 18.2. The third-order valence-corrected chi connectivity index (χ3v) is 2.87. The van der Waals surface area contributed by atoms with Crippen LogP contribution in [0.25, 0.3) is 0 Å². The Morgan fingerprint density at radius 2 is 2.11 bits per heavy atom. The van der Waals surface area contributed by atoms with Gasteiger partial charge in [0.15, 0.2) is 5.96 Å². The maximum atomic E-state index is 4.54. The van der Waals surface area contributed by atoms with Gasteiger partial charge in [0, 0.05) is 25.0 Å². The van der Waals surface area contributed by atoms with Gasteiger partial charge in [-0.1, -0.05) is 13.8 Å². The van der Waals surface area contributed by atoms with Crippen LogP contribution in [-0.2, 0) is 6.54 Å². The van der Waals surface area contributed by atoms with Crippen molar-refractivity contribution >= 4 is 29.9 Å². The molecule has 0 bridgehead atoms. The van der Waals surface area contributed by atoms with Gasteiger partial charge >= 0.3 is 0 Å². The Bertz CT molecular complexity index is 348. The van der Waals surface area contributed by atoms with Crippen molar-refractivity contribution in [3.05, 3.63) is 18.5 Å². The van der Waals surface area contributed by atoms with Gasteiger partial charge in [0.2, 0.25) is 0 Å². The van der Waals surface area contributed by atoms with Crippen molar-refractivity contribution in [3.8, 4) is 0 Å². The van der Waals surface area contributed by atoms with E-state index in [0.29, 0.717) is 12.0 Å². The van der Waals surface area contributed by atoms with Crippen LogP contribution in [0.15, 0.2) is 23.5 Å². The molecule has 1 unspecified atom stereocenters. The van der Waals surface area contributed by atoms with E-state index in [-0.39, 0.29) is 24.0 Å². The second kappa shape index (κ2) is 10.1. The largest absolute Gasteiger partial charge is 0.357 e. The fraction of sp³-hybridized carbons (Fsp3) is 0.692. The Morgan fingerprint density at radius 1 is 1.37 bits per heavy atom. The fourth-order valence-electron chi connectivity index (χ4n) is 1.40. The number of hydrogen-bond acceptors (Lipinski definition) is 2. The zero-order valence-corrected chi connectivity index (χ0v) is 14.6. The van der Waals surface area contributed by atoms with Gasteiger partial charge in [0.05, 0.1) is 13.1 Å².